The molecule has 32 heavy (non-hydrogen) atoms. The molecule has 3 rings (SSSR count). The van der Waals surface area contributed by atoms with Gasteiger partial charge in [0.2, 0.25) is 10.0 Å². The van der Waals surface area contributed by atoms with Crippen LogP contribution in [0.5, 0.6) is 5.75 Å². The number of phenols is 1. The topological polar surface area (TPSA) is 137 Å². The number of furan rings is 1. The molecule has 0 radical (unpaired) electrons. The second-order valence-corrected chi connectivity index (χ2v) is 10.7. The summed E-state index contributed by atoms with van der Waals surface area (Å²) in [7, 11) is -1.12. The van der Waals surface area contributed by atoms with Crippen LogP contribution in [-0.2, 0) is 27.7 Å². The van der Waals surface area contributed by atoms with Crippen molar-refractivity contribution in [2.75, 3.05) is 19.4 Å². The van der Waals surface area contributed by atoms with E-state index in [1.807, 2.05) is 13.0 Å². The molecule has 0 saturated heterocycles. The quantitative estimate of drug-likeness (QED) is 0.556. The molecule has 0 saturated carbocycles. The molecule has 2 heterocycles. The van der Waals surface area contributed by atoms with E-state index < -0.39 is 26.9 Å². The molecule has 176 valence electrons. The number of hydrogen-bond donors (Lipinski definition) is 3. The third-order valence-electron chi connectivity index (χ3n) is 3.80. The average Bonchev–Trinajstić information content (AvgIpc) is 3.25. The fraction of sp³-hybridized carbons (Fsp3) is 0.400. The van der Waals surface area contributed by atoms with E-state index in [1.165, 1.54) is 32.3 Å². The first kappa shape index (κ1) is 25.6. The van der Waals surface area contributed by atoms with Crippen LogP contribution in [-0.4, -0.2) is 47.8 Å². The number of aryl methyl sites for hydroxylation is 1. The predicted octanol–water partition coefficient (Wildman–Crippen LogP) is 2.80. The highest BCUT2D eigenvalue weighted by atomic mass is 32.2. The number of hydrogen-bond acceptors (Lipinski definition) is 7. The van der Waals surface area contributed by atoms with Crippen LogP contribution in [0.2, 0.25) is 0 Å². The Bertz CT molecular complexity index is 1130. The summed E-state index contributed by atoms with van der Waals surface area (Å²) in [6, 6.07) is 7.84. The lowest BCUT2D eigenvalue weighted by Gasteiger charge is -2.15. The first-order chi connectivity index (χ1) is 14.9. The largest absolute Gasteiger partial charge is 0.504 e. The second kappa shape index (κ2) is 10.7. The van der Waals surface area contributed by atoms with E-state index in [0.717, 1.165) is 16.0 Å². The number of rotatable bonds is 5. The molecular formula is C20H29N5O5S2. The number of phenolic OH excluding ortho intramolecular Hbond substituents is 1. The van der Waals surface area contributed by atoms with Crippen molar-refractivity contribution in [1.82, 2.24) is 9.62 Å². The molecule has 3 N–H and O–H groups in total. The van der Waals surface area contributed by atoms with Crippen LogP contribution >= 0.6 is 0 Å². The van der Waals surface area contributed by atoms with Gasteiger partial charge in [-0.25, -0.2) is 16.9 Å². The Morgan fingerprint density at radius 3 is 2.31 bits per heavy atom. The van der Waals surface area contributed by atoms with E-state index in [9.17, 15) is 17.7 Å². The minimum atomic E-state index is -3.85. The number of benzene rings is 1. The minimum absolute atomic E-state index is 0.0870. The van der Waals surface area contributed by atoms with Crippen molar-refractivity contribution in [3.63, 3.8) is 0 Å². The third kappa shape index (κ3) is 6.65. The summed E-state index contributed by atoms with van der Waals surface area (Å²) < 4.78 is 50.6. The van der Waals surface area contributed by atoms with Crippen LogP contribution in [0.1, 0.15) is 32.3 Å². The van der Waals surface area contributed by atoms with Crippen LogP contribution in [0.25, 0.3) is 0 Å². The van der Waals surface area contributed by atoms with Gasteiger partial charge in [-0.15, -0.1) is 8.80 Å². The highest BCUT2D eigenvalue weighted by Gasteiger charge is 2.25. The second-order valence-electron chi connectivity index (χ2n) is 7.77. The Morgan fingerprint density at radius 1 is 1.12 bits per heavy atom. The Morgan fingerprint density at radius 2 is 1.75 bits per heavy atom. The van der Waals surface area contributed by atoms with E-state index in [-0.39, 0.29) is 28.8 Å². The van der Waals surface area contributed by atoms with Gasteiger partial charge in [-0.3, -0.25) is 0 Å². The normalized spacial score (nSPS) is 15.8. The molecule has 0 fully saturated rings. The van der Waals surface area contributed by atoms with Gasteiger partial charge in [0.1, 0.15) is 16.4 Å². The molecule has 2 aromatic rings. The van der Waals surface area contributed by atoms with Crippen molar-refractivity contribution in [2.24, 2.45) is 14.7 Å². The fourth-order valence-corrected chi connectivity index (χ4v) is 4.00. The van der Waals surface area contributed by atoms with E-state index >= 15 is 0 Å². The summed E-state index contributed by atoms with van der Waals surface area (Å²) in [5.41, 5.74) is 0.0870. The first-order valence-electron chi connectivity index (χ1n) is 9.82. The van der Waals surface area contributed by atoms with Crippen molar-refractivity contribution >= 4 is 38.6 Å². The summed E-state index contributed by atoms with van der Waals surface area (Å²) >= 11 is -1.83. The molecule has 0 spiro atoms. The third-order valence-corrected chi connectivity index (χ3v) is 6.32. The van der Waals surface area contributed by atoms with E-state index in [1.54, 1.807) is 6.07 Å². The van der Waals surface area contributed by atoms with Crippen molar-refractivity contribution < 1.29 is 22.2 Å². The van der Waals surface area contributed by atoms with Gasteiger partial charge in [0.15, 0.2) is 17.4 Å². The van der Waals surface area contributed by atoms with Gasteiger partial charge in [-0.1, -0.05) is 26.8 Å². The summed E-state index contributed by atoms with van der Waals surface area (Å²) in [5.74, 6) is 2.07. The Balaban J connectivity index is 0.000000837. The van der Waals surface area contributed by atoms with Crippen LogP contribution in [0.3, 0.4) is 0 Å². The zero-order valence-corrected chi connectivity index (χ0v) is 20.5. The predicted molar refractivity (Wildman–Crippen MR) is 126 cm³/mol. The molecule has 1 atom stereocenters. The SMILES string of the molecule is CC(C)C.Cc1ccc(CNC2=NS(=O)N=C2Nc2cccc(S(=O)(=O)N(C)C)c2O)o1. The van der Waals surface area contributed by atoms with Crippen molar-refractivity contribution in [2.45, 2.75) is 39.1 Å². The molecule has 0 amide bonds. The number of aromatic hydroxyl groups is 1. The van der Waals surface area contributed by atoms with Gasteiger partial charge in [-0.2, -0.15) is 0 Å². The number of nitrogens with zero attached hydrogens (tertiary/aromatic N) is 3. The van der Waals surface area contributed by atoms with Crippen molar-refractivity contribution in [3.8, 4) is 5.75 Å². The number of amidine groups is 2. The van der Waals surface area contributed by atoms with E-state index in [4.69, 9.17) is 4.42 Å². The van der Waals surface area contributed by atoms with Crippen LogP contribution in [0.4, 0.5) is 5.69 Å². The lowest BCUT2D eigenvalue weighted by atomic mass is 10.3. The molecule has 1 aromatic heterocycles. The van der Waals surface area contributed by atoms with Crippen LogP contribution in [0, 0.1) is 12.8 Å². The summed E-state index contributed by atoms with van der Waals surface area (Å²) in [5, 5.41) is 16.2. The zero-order chi connectivity index (χ0) is 24.1. The highest BCUT2D eigenvalue weighted by molar-refractivity contribution is 7.89. The smallest absolute Gasteiger partial charge is 0.269 e. The first-order valence-corrected chi connectivity index (χ1v) is 12.3. The summed E-state index contributed by atoms with van der Waals surface area (Å²) in [6.45, 7) is 8.60. The fourth-order valence-electron chi connectivity index (χ4n) is 2.37. The molecule has 12 heteroatoms. The molecule has 1 aromatic carbocycles. The minimum Gasteiger partial charge on any atom is -0.504 e. The van der Waals surface area contributed by atoms with Gasteiger partial charge in [0.05, 0.1) is 12.2 Å². The number of anilines is 1. The molecule has 0 aliphatic carbocycles. The van der Waals surface area contributed by atoms with Crippen molar-refractivity contribution in [1.29, 1.82) is 0 Å². The monoisotopic (exact) mass is 483 g/mol. The van der Waals surface area contributed by atoms with Crippen molar-refractivity contribution in [3.05, 3.63) is 41.9 Å². The number of sulfonamides is 1. The van der Waals surface area contributed by atoms with Gasteiger partial charge in [0.25, 0.3) is 11.2 Å². The standard InChI is InChI=1S/C16H19N5O5S2.C4H10/c1-10-7-8-11(26-10)9-17-15-16(20-27(23)19-15)18-12-5-4-6-13(14(12)22)28(24,25)21(2)3;1-4(2)3/h4-8,22H,9H2,1-3H3,(H,17,19)(H,18,20);4H,1-3H3. The lowest BCUT2D eigenvalue weighted by Crippen LogP contribution is -2.33. The number of para-hydroxylation sites is 1. The van der Waals surface area contributed by atoms with Crippen LogP contribution in [0.15, 0.2) is 48.4 Å². The zero-order valence-electron chi connectivity index (χ0n) is 18.9. The summed E-state index contributed by atoms with van der Waals surface area (Å²) in [6.07, 6.45) is 0. The molecule has 0 bridgehead atoms. The summed E-state index contributed by atoms with van der Waals surface area (Å²) in [4.78, 5) is -0.264. The van der Waals surface area contributed by atoms with Gasteiger partial charge >= 0.3 is 0 Å². The average molecular weight is 484 g/mol. The molecule has 1 aliphatic heterocycles. The van der Waals surface area contributed by atoms with Gasteiger partial charge in [0, 0.05) is 14.1 Å². The van der Waals surface area contributed by atoms with E-state index in [0.29, 0.717) is 5.76 Å². The van der Waals surface area contributed by atoms with Gasteiger partial charge in [-0.05, 0) is 37.1 Å². The maximum Gasteiger partial charge on any atom is 0.269 e. The Hall–Kier alpha value is -2.70. The molecule has 10 nitrogen and oxygen atoms in total. The highest BCUT2D eigenvalue weighted by Crippen LogP contribution is 2.32. The molecule has 1 aliphatic rings. The Kier molecular flexibility index (Phi) is 8.58. The Labute approximate surface area is 191 Å². The molecular weight excluding hydrogens is 454 g/mol. The van der Waals surface area contributed by atoms with E-state index in [2.05, 4.69) is 40.2 Å². The lowest BCUT2D eigenvalue weighted by molar-refractivity contribution is 0.455. The van der Waals surface area contributed by atoms with Crippen LogP contribution < -0.4 is 10.6 Å². The number of nitrogens with one attached hydrogen (secondary N) is 2. The molecule has 1 unspecified atom stereocenters. The maximum atomic E-state index is 12.3. The van der Waals surface area contributed by atoms with Gasteiger partial charge < -0.3 is 20.2 Å². The maximum absolute atomic E-state index is 12.3.